The Balaban J connectivity index is 2.22. The van der Waals surface area contributed by atoms with E-state index in [-0.39, 0.29) is 44.6 Å². The molecule has 0 spiro atoms. The lowest BCUT2D eigenvalue weighted by Gasteiger charge is -2.28. The van der Waals surface area contributed by atoms with Gasteiger partial charge in [-0.15, -0.1) is 0 Å². The number of fused-ring (bicyclic) bond motifs is 4. The highest BCUT2D eigenvalue weighted by Gasteiger charge is 2.28. The van der Waals surface area contributed by atoms with E-state index in [1.54, 1.807) is 18.2 Å². The van der Waals surface area contributed by atoms with Crippen molar-refractivity contribution in [1.82, 2.24) is 0 Å². The first-order valence-corrected chi connectivity index (χ1v) is 7.20. The van der Waals surface area contributed by atoms with Gasteiger partial charge < -0.3 is 19.4 Å². The summed E-state index contributed by atoms with van der Waals surface area (Å²) in [5.74, 6) is 0.0145. The molecule has 0 aliphatic carbocycles. The van der Waals surface area contributed by atoms with E-state index in [1.165, 1.54) is 12.1 Å². The van der Waals surface area contributed by atoms with E-state index < -0.39 is 5.60 Å². The standard InChI is InChI=1S/C18H14O5/c1-18(2)7-6-9-14-13(8-11(20)17(9)23-18)22-12-5-3-4-10(19)15(12)16(14)21/h3-8,19-20H,1-2H3. The van der Waals surface area contributed by atoms with Gasteiger partial charge >= 0.3 is 0 Å². The van der Waals surface area contributed by atoms with Crippen molar-refractivity contribution in [1.29, 1.82) is 0 Å². The predicted molar refractivity (Wildman–Crippen MR) is 87.1 cm³/mol. The van der Waals surface area contributed by atoms with Crippen molar-refractivity contribution in [3.8, 4) is 17.2 Å². The Bertz CT molecular complexity index is 1060. The van der Waals surface area contributed by atoms with Gasteiger partial charge in [0.15, 0.2) is 11.5 Å². The van der Waals surface area contributed by atoms with E-state index in [2.05, 4.69) is 0 Å². The van der Waals surface area contributed by atoms with E-state index >= 15 is 0 Å². The van der Waals surface area contributed by atoms with Crippen LogP contribution < -0.4 is 10.2 Å². The van der Waals surface area contributed by atoms with Crippen LogP contribution in [0.1, 0.15) is 19.4 Å². The fraction of sp³-hybridized carbons (Fsp3) is 0.167. The third-order valence-corrected chi connectivity index (χ3v) is 3.96. The van der Waals surface area contributed by atoms with Crippen LogP contribution in [0, 0.1) is 0 Å². The second-order valence-electron chi connectivity index (χ2n) is 6.13. The van der Waals surface area contributed by atoms with Crippen molar-refractivity contribution < 1.29 is 19.4 Å². The van der Waals surface area contributed by atoms with E-state index in [4.69, 9.17) is 9.15 Å². The summed E-state index contributed by atoms with van der Waals surface area (Å²) in [7, 11) is 0. The lowest BCUT2D eigenvalue weighted by molar-refractivity contribution is 0.153. The molecule has 2 N–H and O–H groups in total. The van der Waals surface area contributed by atoms with Crippen molar-refractivity contribution in [3.05, 3.63) is 46.1 Å². The molecule has 2 aromatic carbocycles. The Morgan fingerprint density at radius 2 is 1.83 bits per heavy atom. The minimum absolute atomic E-state index is 0.0902. The molecule has 0 radical (unpaired) electrons. The topological polar surface area (TPSA) is 79.9 Å². The molecule has 5 nitrogen and oxygen atoms in total. The van der Waals surface area contributed by atoms with Gasteiger partial charge in [-0.2, -0.15) is 0 Å². The highest BCUT2D eigenvalue weighted by atomic mass is 16.5. The summed E-state index contributed by atoms with van der Waals surface area (Å²) < 4.78 is 11.5. The average Bonchev–Trinajstić information content (AvgIpc) is 2.47. The number of ether oxygens (including phenoxy) is 1. The third kappa shape index (κ3) is 1.90. The molecule has 1 aromatic heterocycles. The van der Waals surface area contributed by atoms with Gasteiger partial charge in [0.2, 0.25) is 5.43 Å². The average molecular weight is 310 g/mol. The van der Waals surface area contributed by atoms with Gasteiger partial charge in [-0.05, 0) is 32.1 Å². The molecule has 5 heteroatoms. The van der Waals surface area contributed by atoms with Crippen LogP contribution >= 0.6 is 0 Å². The summed E-state index contributed by atoms with van der Waals surface area (Å²) in [4.78, 5) is 12.9. The van der Waals surface area contributed by atoms with Crippen LogP contribution in [0.25, 0.3) is 28.0 Å². The summed E-state index contributed by atoms with van der Waals surface area (Å²) in [6.45, 7) is 3.70. The van der Waals surface area contributed by atoms with Gasteiger partial charge in [0.1, 0.15) is 27.9 Å². The number of rotatable bonds is 0. The van der Waals surface area contributed by atoms with E-state index in [1.807, 2.05) is 19.9 Å². The van der Waals surface area contributed by atoms with E-state index in [9.17, 15) is 15.0 Å². The maximum Gasteiger partial charge on any atom is 0.205 e. The molecule has 0 atom stereocenters. The number of hydrogen-bond acceptors (Lipinski definition) is 5. The molecule has 1 aliphatic heterocycles. The number of hydrogen-bond donors (Lipinski definition) is 2. The summed E-state index contributed by atoms with van der Waals surface area (Å²) in [5.41, 5.74) is 0.0270. The molecule has 2 heterocycles. The molecule has 0 saturated carbocycles. The van der Waals surface area contributed by atoms with Gasteiger partial charge in [0.05, 0.1) is 5.39 Å². The summed E-state index contributed by atoms with van der Waals surface area (Å²) in [5, 5.41) is 20.6. The monoisotopic (exact) mass is 310 g/mol. The highest BCUT2D eigenvalue weighted by Crippen LogP contribution is 2.42. The van der Waals surface area contributed by atoms with Gasteiger partial charge in [-0.1, -0.05) is 12.1 Å². The molecule has 23 heavy (non-hydrogen) atoms. The Morgan fingerprint density at radius 3 is 2.61 bits per heavy atom. The number of aromatic hydroxyl groups is 2. The fourth-order valence-corrected chi connectivity index (χ4v) is 2.88. The Hall–Kier alpha value is -2.95. The molecule has 0 unspecified atom stereocenters. The molecule has 4 rings (SSSR count). The molecule has 1 aliphatic rings. The zero-order valence-electron chi connectivity index (χ0n) is 12.6. The zero-order valence-corrected chi connectivity index (χ0v) is 12.6. The maximum absolute atomic E-state index is 12.9. The summed E-state index contributed by atoms with van der Waals surface area (Å²) in [6, 6.07) is 6.00. The zero-order chi connectivity index (χ0) is 16.4. The van der Waals surface area contributed by atoms with Gasteiger partial charge in [-0.25, -0.2) is 0 Å². The van der Waals surface area contributed by atoms with Crippen molar-refractivity contribution in [2.24, 2.45) is 0 Å². The highest BCUT2D eigenvalue weighted by molar-refractivity contribution is 5.99. The Kier molecular flexibility index (Phi) is 2.55. The van der Waals surface area contributed by atoms with Crippen LogP contribution in [0.3, 0.4) is 0 Å². The lowest BCUT2D eigenvalue weighted by Crippen LogP contribution is -2.28. The Morgan fingerprint density at radius 1 is 1.04 bits per heavy atom. The van der Waals surface area contributed by atoms with Crippen LogP contribution in [-0.2, 0) is 0 Å². The van der Waals surface area contributed by atoms with Crippen LogP contribution in [0.15, 0.2) is 39.6 Å². The SMILES string of the molecule is CC1(C)C=Cc2c(c(O)cc3oc4cccc(O)c4c(=O)c23)O1. The van der Waals surface area contributed by atoms with Gasteiger partial charge in [0, 0.05) is 11.6 Å². The van der Waals surface area contributed by atoms with Crippen LogP contribution in [0.5, 0.6) is 17.2 Å². The minimum Gasteiger partial charge on any atom is -0.507 e. The molecular formula is C18H14O5. The molecule has 116 valence electrons. The van der Waals surface area contributed by atoms with Crippen molar-refractivity contribution in [3.63, 3.8) is 0 Å². The molecule has 0 bridgehead atoms. The number of benzene rings is 2. The molecule has 0 saturated heterocycles. The summed E-state index contributed by atoms with van der Waals surface area (Å²) >= 11 is 0. The fourth-order valence-electron chi connectivity index (χ4n) is 2.88. The van der Waals surface area contributed by atoms with Crippen LogP contribution in [0.2, 0.25) is 0 Å². The second-order valence-corrected chi connectivity index (χ2v) is 6.13. The minimum atomic E-state index is -0.586. The van der Waals surface area contributed by atoms with E-state index in [0.717, 1.165) is 0 Å². The van der Waals surface area contributed by atoms with Gasteiger partial charge in [0.25, 0.3) is 0 Å². The first-order chi connectivity index (χ1) is 10.9. The largest absolute Gasteiger partial charge is 0.507 e. The normalized spacial score (nSPS) is 15.6. The molecular weight excluding hydrogens is 296 g/mol. The maximum atomic E-state index is 12.9. The van der Waals surface area contributed by atoms with Crippen LogP contribution in [-0.4, -0.2) is 15.8 Å². The molecule has 0 fully saturated rings. The van der Waals surface area contributed by atoms with Crippen molar-refractivity contribution in [2.45, 2.75) is 19.4 Å². The molecule has 3 aromatic rings. The predicted octanol–water partition coefficient (Wildman–Crippen LogP) is 3.54. The molecule has 0 amide bonds. The van der Waals surface area contributed by atoms with Crippen molar-refractivity contribution in [2.75, 3.05) is 0 Å². The van der Waals surface area contributed by atoms with E-state index in [0.29, 0.717) is 5.56 Å². The number of phenols is 2. The third-order valence-electron chi connectivity index (χ3n) is 3.96. The lowest BCUT2D eigenvalue weighted by atomic mass is 9.98. The summed E-state index contributed by atoms with van der Waals surface area (Å²) in [6.07, 6.45) is 3.55. The van der Waals surface area contributed by atoms with Crippen LogP contribution in [0.4, 0.5) is 0 Å². The number of phenolic OH excluding ortho intramolecular Hbond substituents is 2. The smallest absolute Gasteiger partial charge is 0.205 e. The second kappa shape index (κ2) is 4.29. The first kappa shape index (κ1) is 13.7. The van der Waals surface area contributed by atoms with Crippen molar-refractivity contribution >= 4 is 28.0 Å². The van der Waals surface area contributed by atoms with Gasteiger partial charge in [-0.3, -0.25) is 4.79 Å². The Labute approximate surface area is 131 Å². The quantitative estimate of drug-likeness (QED) is 0.621. The first-order valence-electron chi connectivity index (χ1n) is 7.20.